The van der Waals surface area contributed by atoms with Crippen molar-refractivity contribution in [2.24, 2.45) is 20.6 Å². The molecule has 0 spiro atoms. The normalized spacial score (nSPS) is 12.1. The number of carbonyl (C=O) groups is 4. The van der Waals surface area contributed by atoms with Crippen molar-refractivity contribution in [2.45, 2.75) is 20.8 Å². The molecule has 0 aromatic heterocycles. The first-order valence-electron chi connectivity index (χ1n) is 9.72. The Kier molecular flexibility index (Phi) is 17.0. The Bertz CT molecular complexity index is 933. The van der Waals surface area contributed by atoms with Gasteiger partial charge in [-0.15, -0.1) is 23.5 Å². The molecule has 208 valence electrons. The van der Waals surface area contributed by atoms with Crippen molar-refractivity contribution in [1.82, 2.24) is 17.2 Å². The molecule has 0 aliphatic carbocycles. The van der Waals surface area contributed by atoms with Crippen molar-refractivity contribution in [3.05, 3.63) is 0 Å². The molecule has 0 aliphatic rings. The van der Waals surface area contributed by atoms with Crippen molar-refractivity contribution in [3.8, 4) is 0 Å². The van der Waals surface area contributed by atoms with Gasteiger partial charge in [0.2, 0.25) is 0 Å². The number of thioether (sulfide) groups is 2. The van der Waals surface area contributed by atoms with Gasteiger partial charge in [-0.2, -0.15) is 0 Å². The summed E-state index contributed by atoms with van der Waals surface area (Å²) in [6, 6.07) is 0. The molecule has 0 aromatic carbocycles. The molecule has 0 N–H and O–H groups in total. The van der Waals surface area contributed by atoms with E-state index in [9.17, 15) is 19.2 Å². The van der Waals surface area contributed by atoms with Gasteiger partial charge in [-0.1, -0.05) is 20.6 Å². The van der Waals surface area contributed by atoms with Crippen LogP contribution in [0, 0.1) is 0 Å². The van der Waals surface area contributed by atoms with Gasteiger partial charge >= 0.3 is 24.4 Å². The van der Waals surface area contributed by atoms with Crippen molar-refractivity contribution in [2.75, 3.05) is 40.7 Å². The van der Waals surface area contributed by atoms with Gasteiger partial charge in [0.1, 0.15) is 10.1 Å². The van der Waals surface area contributed by atoms with Gasteiger partial charge in [0.15, 0.2) is 0 Å². The minimum absolute atomic E-state index is 0.0761. The number of oxime groups is 4. The van der Waals surface area contributed by atoms with E-state index in [1.807, 2.05) is 0 Å². The monoisotopic (exact) mass is 600 g/mol. The summed E-state index contributed by atoms with van der Waals surface area (Å²) in [4.78, 5) is 66.5. The number of nitrogens with zero attached hydrogens (tertiary/aromatic N) is 8. The fraction of sp³-hybridized carbons (Fsp3) is 0.529. The fourth-order valence-electron chi connectivity index (χ4n) is 1.29. The Labute approximate surface area is 231 Å². The molecule has 20 heteroatoms. The Balaban J connectivity index is 4.60. The fourth-order valence-corrected chi connectivity index (χ4v) is 2.65. The lowest BCUT2D eigenvalue weighted by molar-refractivity contribution is 0.129. The number of carbonyl (C=O) groups excluding carboxylic acids is 4. The van der Waals surface area contributed by atoms with E-state index in [0.717, 1.165) is 23.4 Å². The zero-order valence-electron chi connectivity index (χ0n) is 21.6. The summed E-state index contributed by atoms with van der Waals surface area (Å²) in [6.07, 6.45) is 1.11. The third-order valence-corrected chi connectivity index (χ3v) is 6.16. The highest BCUT2D eigenvalue weighted by atomic mass is 32.2. The lowest BCUT2D eigenvalue weighted by Crippen LogP contribution is -2.29. The number of rotatable bonds is 9. The SMILES string of the molecule is CS/C(C)=N/OC(=O)N(C)SN(C)C(=O)O/N=C\C(C)=N/OC(=O)N(C)SN(C)C(=O)O/N=C(\C)SC. The molecule has 0 rings (SSSR count). The van der Waals surface area contributed by atoms with Gasteiger partial charge in [0.25, 0.3) is 0 Å². The van der Waals surface area contributed by atoms with Crippen LogP contribution in [0.15, 0.2) is 20.6 Å². The second kappa shape index (κ2) is 18.4. The summed E-state index contributed by atoms with van der Waals surface area (Å²) in [5.41, 5.74) is 0.0761. The zero-order chi connectivity index (χ0) is 28.5. The molecule has 0 fully saturated rings. The molecule has 0 saturated carbocycles. The maximum absolute atomic E-state index is 12.0. The van der Waals surface area contributed by atoms with Gasteiger partial charge in [-0.3, -0.25) is 19.4 Å². The number of hydrogen-bond donors (Lipinski definition) is 0. The molecular weight excluding hydrogens is 573 g/mol. The zero-order valence-corrected chi connectivity index (χ0v) is 24.8. The van der Waals surface area contributed by atoms with Crippen molar-refractivity contribution in [1.29, 1.82) is 0 Å². The van der Waals surface area contributed by atoms with Gasteiger partial charge < -0.3 is 0 Å². The smallest absolute Gasteiger partial charge is 0.297 e. The van der Waals surface area contributed by atoms with Crippen molar-refractivity contribution < 1.29 is 38.5 Å². The van der Waals surface area contributed by atoms with Crippen LogP contribution in [-0.4, -0.2) is 104 Å². The molecule has 0 heterocycles. The Morgan fingerprint density at radius 3 is 1.27 bits per heavy atom. The first-order chi connectivity index (χ1) is 17.3. The highest BCUT2D eigenvalue weighted by molar-refractivity contribution is 8.13. The standard InChI is InChI=1S/C17H28N8O8S4/c1-11(19-31-15(27)23(5)37-25(7)17(29)33-21-13(3)35-9)10-18-30-14(26)22(4)36-24(6)16(28)32-20-12(2)34-8/h10H,1-9H3/b18-10-,19-11-,20-12+,21-13+. The van der Waals surface area contributed by atoms with Crippen molar-refractivity contribution >= 4 is 94.2 Å². The van der Waals surface area contributed by atoms with E-state index in [2.05, 4.69) is 25.5 Å². The Morgan fingerprint density at radius 2 is 0.919 bits per heavy atom. The average molecular weight is 601 g/mol. The van der Waals surface area contributed by atoms with E-state index in [1.54, 1.807) is 26.4 Å². The van der Waals surface area contributed by atoms with Crippen LogP contribution in [0.5, 0.6) is 0 Å². The topological polar surface area (TPSA) is 168 Å². The summed E-state index contributed by atoms with van der Waals surface area (Å²) in [5.74, 6) is 0. The second-order valence-corrected chi connectivity index (χ2v) is 10.7. The minimum Gasteiger partial charge on any atom is -0.297 e. The second-order valence-electron chi connectivity index (χ2n) is 6.18. The third-order valence-electron chi connectivity index (χ3n) is 3.25. The molecule has 0 atom stereocenters. The van der Waals surface area contributed by atoms with Gasteiger partial charge in [0.05, 0.1) is 36.2 Å². The Hall–Kier alpha value is -2.84. The van der Waals surface area contributed by atoms with Gasteiger partial charge in [-0.25, -0.2) is 36.4 Å². The predicted octanol–water partition coefficient (Wildman–Crippen LogP) is 4.14. The first-order valence-corrected chi connectivity index (χ1v) is 13.6. The van der Waals surface area contributed by atoms with Crippen LogP contribution in [0.2, 0.25) is 0 Å². The number of amides is 4. The van der Waals surface area contributed by atoms with Crippen LogP contribution in [0.3, 0.4) is 0 Å². The lowest BCUT2D eigenvalue weighted by Gasteiger charge is -2.19. The van der Waals surface area contributed by atoms with E-state index in [-0.39, 0.29) is 5.71 Å². The maximum Gasteiger partial charge on any atom is 0.447 e. The minimum atomic E-state index is -0.919. The summed E-state index contributed by atoms with van der Waals surface area (Å²) >= 11 is 3.97. The molecule has 4 amide bonds. The van der Waals surface area contributed by atoms with E-state index >= 15 is 0 Å². The molecule has 0 saturated heterocycles. The average Bonchev–Trinajstić information content (AvgIpc) is 2.87. The predicted molar refractivity (Wildman–Crippen MR) is 147 cm³/mol. The third kappa shape index (κ3) is 15.1. The quantitative estimate of drug-likeness (QED) is 0.122. The summed E-state index contributed by atoms with van der Waals surface area (Å²) in [5, 5.41) is 15.3. The van der Waals surface area contributed by atoms with Crippen LogP contribution in [0.4, 0.5) is 19.2 Å². The van der Waals surface area contributed by atoms with Crippen LogP contribution >= 0.6 is 47.8 Å². The van der Waals surface area contributed by atoms with E-state index in [0.29, 0.717) is 34.4 Å². The van der Waals surface area contributed by atoms with Crippen LogP contribution in [-0.2, 0) is 19.4 Å². The molecule has 0 bridgehead atoms. The number of hydrogen-bond acceptors (Lipinski definition) is 16. The summed E-state index contributed by atoms with van der Waals surface area (Å²) in [7, 11) is 5.41. The van der Waals surface area contributed by atoms with Crippen molar-refractivity contribution in [3.63, 3.8) is 0 Å². The molecule has 37 heavy (non-hydrogen) atoms. The summed E-state index contributed by atoms with van der Waals surface area (Å²) < 4.78 is 3.97. The molecule has 0 unspecified atom stereocenters. The van der Waals surface area contributed by atoms with E-state index < -0.39 is 24.4 Å². The Morgan fingerprint density at radius 1 is 0.595 bits per heavy atom. The largest absolute Gasteiger partial charge is 0.447 e. The first kappa shape index (κ1) is 34.2. The van der Waals surface area contributed by atoms with Crippen LogP contribution in [0.25, 0.3) is 0 Å². The molecule has 0 radical (unpaired) electrons. The molecular formula is C17H28N8O8S4. The van der Waals surface area contributed by atoms with Gasteiger partial charge in [-0.05, 0) is 33.3 Å². The summed E-state index contributed by atoms with van der Waals surface area (Å²) in [6.45, 7) is 4.75. The molecule has 16 nitrogen and oxygen atoms in total. The van der Waals surface area contributed by atoms with E-state index in [1.165, 1.54) is 58.6 Å². The van der Waals surface area contributed by atoms with Gasteiger partial charge in [0, 0.05) is 28.2 Å². The highest BCUT2D eigenvalue weighted by Gasteiger charge is 2.20. The molecule has 0 aliphatic heterocycles. The maximum atomic E-state index is 12.0. The highest BCUT2D eigenvalue weighted by Crippen LogP contribution is 2.16. The van der Waals surface area contributed by atoms with Crippen LogP contribution in [0.1, 0.15) is 20.8 Å². The lowest BCUT2D eigenvalue weighted by atomic mass is 10.5. The molecule has 0 aromatic rings. The van der Waals surface area contributed by atoms with E-state index in [4.69, 9.17) is 14.5 Å². The van der Waals surface area contributed by atoms with Crippen LogP contribution < -0.4 is 0 Å².